The maximum absolute atomic E-state index is 14.2. The van der Waals surface area contributed by atoms with E-state index in [0.717, 1.165) is 21.1 Å². The van der Waals surface area contributed by atoms with Gasteiger partial charge in [-0.15, -0.1) is 11.3 Å². The summed E-state index contributed by atoms with van der Waals surface area (Å²) in [6, 6.07) is 11.7. The SMILES string of the molecule is CC(=O)N(c1nc(/C=C2\NC(=S)N(c3ccccc3F)C2=O)cs1)c1ccccc1F. The monoisotopic (exact) mass is 456 g/mol. The Bertz CT molecular complexity index is 1240. The third-order valence-electron chi connectivity index (χ3n) is 4.37. The first-order valence-corrected chi connectivity index (χ1v) is 10.3. The topological polar surface area (TPSA) is 65.5 Å². The van der Waals surface area contributed by atoms with Gasteiger partial charge in [-0.05, 0) is 42.6 Å². The molecular formula is C21H14F2N4O2S2. The molecule has 0 bridgehead atoms. The number of hydrogen-bond donors (Lipinski definition) is 1. The van der Waals surface area contributed by atoms with Gasteiger partial charge in [0, 0.05) is 12.3 Å². The number of rotatable bonds is 4. The Kier molecular flexibility index (Phi) is 5.57. The molecule has 1 aliphatic heterocycles. The number of aromatic nitrogens is 1. The lowest BCUT2D eigenvalue weighted by Gasteiger charge is -2.18. The lowest BCUT2D eigenvalue weighted by atomic mass is 10.2. The van der Waals surface area contributed by atoms with Gasteiger partial charge >= 0.3 is 0 Å². The summed E-state index contributed by atoms with van der Waals surface area (Å²) in [6.45, 7) is 1.30. The highest BCUT2D eigenvalue weighted by Crippen LogP contribution is 2.32. The van der Waals surface area contributed by atoms with Crippen LogP contribution in [0.2, 0.25) is 0 Å². The average Bonchev–Trinajstić information content (AvgIpc) is 3.29. The first-order chi connectivity index (χ1) is 14.9. The molecule has 1 N–H and O–H groups in total. The molecule has 2 aromatic carbocycles. The van der Waals surface area contributed by atoms with Crippen LogP contribution < -0.4 is 15.1 Å². The molecule has 0 aliphatic carbocycles. The van der Waals surface area contributed by atoms with Gasteiger partial charge in [0.25, 0.3) is 5.91 Å². The molecule has 1 saturated heterocycles. The summed E-state index contributed by atoms with van der Waals surface area (Å²) in [5.74, 6) is -2.10. The Balaban J connectivity index is 1.65. The minimum Gasteiger partial charge on any atom is -0.327 e. The molecule has 31 heavy (non-hydrogen) atoms. The number of anilines is 3. The molecule has 0 spiro atoms. The van der Waals surface area contributed by atoms with Crippen molar-refractivity contribution in [3.8, 4) is 0 Å². The lowest BCUT2D eigenvalue weighted by molar-refractivity contribution is -0.116. The van der Waals surface area contributed by atoms with Crippen molar-refractivity contribution < 1.29 is 18.4 Å². The molecule has 0 saturated carbocycles. The molecule has 0 atom stereocenters. The van der Waals surface area contributed by atoms with Gasteiger partial charge in [0.1, 0.15) is 17.3 Å². The fraction of sp³-hybridized carbons (Fsp3) is 0.0476. The quantitative estimate of drug-likeness (QED) is 0.467. The van der Waals surface area contributed by atoms with Crippen molar-refractivity contribution in [2.75, 3.05) is 9.80 Å². The van der Waals surface area contributed by atoms with Crippen molar-refractivity contribution in [1.82, 2.24) is 10.3 Å². The molecule has 6 nitrogen and oxygen atoms in total. The molecule has 0 radical (unpaired) electrons. The number of halogens is 2. The Morgan fingerprint density at radius 3 is 2.52 bits per heavy atom. The Morgan fingerprint density at radius 2 is 1.84 bits per heavy atom. The fourth-order valence-electron chi connectivity index (χ4n) is 3.02. The first-order valence-electron chi connectivity index (χ1n) is 8.99. The van der Waals surface area contributed by atoms with E-state index in [1.54, 1.807) is 17.5 Å². The molecule has 2 heterocycles. The van der Waals surface area contributed by atoms with Gasteiger partial charge in [0.2, 0.25) is 5.91 Å². The molecule has 1 aliphatic rings. The molecular weight excluding hydrogens is 442 g/mol. The van der Waals surface area contributed by atoms with Crippen molar-refractivity contribution in [3.63, 3.8) is 0 Å². The molecule has 1 fully saturated rings. The second-order valence-electron chi connectivity index (χ2n) is 6.44. The van der Waals surface area contributed by atoms with E-state index in [2.05, 4.69) is 10.3 Å². The molecule has 4 rings (SSSR count). The number of benzene rings is 2. The van der Waals surface area contributed by atoms with E-state index in [4.69, 9.17) is 12.2 Å². The first kappa shape index (κ1) is 20.8. The molecule has 3 aromatic rings. The molecule has 1 aromatic heterocycles. The van der Waals surface area contributed by atoms with Crippen LogP contribution >= 0.6 is 23.6 Å². The number of amides is 2. The summed E-state index contributed by atoms with van der Waals surface area (Å²) >= 11 is 6.30. The third kappa shape index (κ3) is 3.94. The van der Waals surface area contributed by atoms with E-state index < -0.39 is 23.4 Å². The van der Waals surface area contributed by atoms with Gasteiger partial charge in [-0.1, -0.05) is 24.3 Å². The number of carbonyl (C=O) groups is 2. The van der Waals surface area contributed by atoms with Gasteiger partial charge < -0.3 is 5.32 Å². The summed E-state index contributed by atoms with van der Waals surface area (Å²) in [7, 11) is 0. The van der Waals surface area contributed by atoms with Gasteiger partial charge in [0.05, 0.1) is 17.1 Å². The Labute approximate surface area is 185 Å². The molecule has 0 unspecified atom stereocenters. The van der Waals surface area contributed by atoms with Crippen LogP contribution in [0, 0.1) is 11.6 Å². The average molecular weight is 456 g/mol. The number of nitrogens with zero attached hydrogens (tertiary/aromatic N) is 3. The Morgan fingerprint density at radius 1 is 1.16 bits per heavy atom. The molecule has 2 amide bonds. The van der Waals surface area contributed by atoms with Crippen LogP contribution in [-0.4, -0.2) is 21.9 Å². The highest BCUT2D eigenvalue weighted by atomic mass is 32.1. The summed E-state index contributed by atoms with van der Waals surface area (Å²) in [4.78, 5) is 31.5. The fourth-order valence-corrected chi connectivity index (χ4v) is 4.15. The maximum Gasteiger partial charge on any atom is 0.281 e. The summed E-state index contributed by atoms with van der Waals surface area (Å²) in [5, 5.41) is 4.65. The number of para-hydroxylation sites is 2. The largest absolute Gasteiger partial charge is 0.327 e. The number of hydrogen-bond acceptors (Lipinski definition) is 5. The smallest absolute Gasteiger partial charge is 0.281 e. The number of nitrogens with one attached hydrogen (secondary N) is 1. The van der Waals surface area contributed by atoms with E-state index in [9.17, 15) is 18.4 Å². The van der Waals surface area contributed by atoms with Crippen molar-refractivity contribution in [2.45, 2.75) is 6.92 Å². The van der Waals surface area contributed by atoms with E-state index in [-0.39, 0.29) is 27.3 Å². The molecule has 10 heteroatoms. The van der Waals surface area contributed by atoms with E-state index in [0.29, 0.717) is 5.69 Å². The minimum absolute atomic E-state index is 0.0357. The normalized spacial score (nSPS) is 14.8. The van der Waals surface area contributed by atoms with E-state index in [1.165, 1.54) is 49.4 Å². The van der Waals surface area contributed by atoms with Crippen molar-refractivity contribution in [1.29, 1.82) is 0 Å². The Hall–Kier alpha value is -3.50. The van der Waals surface area contributed by atoms with Crippen LogP contribution in [0.25, 0.3) is 6.08 Å². The third-order valence-corrected chi connectivity index (χ3v) is 5.50. The second kappa shape index (κ2) is 8.32. The summed E-state index contributed by atoms with van der Waals surface area (Å²) in [5.41, 5.74) is 0.571. The van der Waals surface area contributed by atoms with Crippen LogP contribution in [0.3, 0.4) is 0 Å². The van der Waals surface area contributed by atoms with Gasteiger partial charge in [-0.3, -0.25) is 14.5 Å². The van der Waals surface area contributed by atoms with E-state index >= 15 is 0 Å². The van der Waals surface area contributed by atoms with Crippen LogP contribution in [0.1, 0.15) is 12.6 Å². The lowest BCUT2D eigenvalue weighted by Crippen LogP contribution is -2.31. The highest BCUT2D eigenvalue weighted by Gasteiger charge is 2.33. The highest BCUT2D eigenvalue weighted by molar-refractivity contribution is 7.80. The second-order valence-corrected chi connectivity index (χ2v) is 7.66. The maximum atomic E-state index is 14.2. The predicted molar refractivity (Wildman–Crippen MR) is 119 cm³/mol. The van der Waals surface area contributed by atoms with Crippen molar-refractivity contribution >= 4 is 63.1 Å². The zero-order valence-electron chi connectivity index (χ0n) is 16.0. The zero-order chi connectivity index (χ0) is 22.1. The van der Waals surface area contributed by atoms with Gasteiger partial charge in [-0.25, -0.2) is 18.7 Å². The van der Waals surface area contributed by atoms with E-state index in [1.807, 2.05) is 0 Å². The zero-order valence-corrected chi connectivity index (χ0v) is 17.6. The number of thiazole rings is 1. The van der Waals surface area contributed by atoms with Crippen molar-refractivity contribution in [3.05, 3.63) is 76.9 Å². The van der Waals surface area contributed by atoms with Crippen LogP contribution in [0.4, 0.5) is 25.3 Å². The van der Waals surface area contributed by atoms with Crippen LogP contribution in [0.15, 0.2) is 59.6 Å². The summed E-state index contributed by atoms with van der Waals surface area (Å²) in [6.07, 6.45) is 1.44. The summed E-state index contributed by atoms with van der Waals surface area (Å²) < 4.78 is 28.3. The van der Waals surface area contributed by atoms with Crippen LogP contribution in [0.5, 0.6) is 0 Å². The van der Waals surface area contributed by atoms with Gasteiger partial charge in [0.15, 0.2) is 10.2 Å². The van der Waals surface area contributed by atoms with Crippen molar-refractivity contribution in [2.24, 2.45) is 0 Å². The number of thiocarbonyl (C=S) groups is 1. The molecule has 156 valence electrons. The minimum atomic E-state index is -0.584. The van der Waals surface area contributed by atoms with Gasteiger partial charge in [-0.2, -0.15) is 0 Å². The number of carbonyl (C=O) groups excluding carboxylic acids is 2. The predicted octanol–water partition coefficient (Wildman–Crippen LogP) is 4.37. The standard InChI is InChI=1S/C21H14F2N4O2S2/c1-12(28)26(17-8-4-2-6-14(17)22)21-24-13(11-31-21)10-16-19(29)27(20(30)25-16)18-9-5-3-7-15(18)23/h2-11H,1H3,(H,25,30)/b16-10-. The van der Waals surface area contributed by atoms with Crippen LogP contribution in [-0.2, 0) is 9.59 Å².